The van der Waals surface area contributed by atoms with Crippen molar-refractivity contribution in [3.63, 3.8) is 0 Å². The highest BCUT2D eigenvalue weighted by Gasteiger charge is 2.11. The molecule has 31 heavy (non-hydrogen) atoms. The Bertz CT molecular complexity index is 1000. The summed E-state index contributed by atoms with van der Waals surface area (Å²) in [5, 5.41) is 3.38. The van der Waals surface area contributed by atoms with E-state index in [4.69, 9.17) is 9.47 Å². The van der Waals surface area contributed by atoms with E-state index in [9.17, 15) is 0 Å². The normalized spacial score (nSPS) is 10.9. The molecule has 2 aromatic heterocycles. The van der Waals surface area contributed by atoms with Gasteiger partial charge in [0.25, 0.3) is 0 Å². The lowest BCUT2D eigenvalue weighted by Crippen LogP contribution is -2.38. The third-order valence-corrected chi connectivity index (χ3v) is 4.81. The summed E-state index contributed by atoms with van der Waals surface area (Å²) in [6.45, 7) is 3.21. The minimum absolute atomic E-state index is 0. The van der Waals surface area contributed by atoms with Gasteiger partial charge in [-0.25, -0.2) is 9.97 Å². The molecule has 0 bridgehead atoms. The maximum absolute atomic E-state index is 5.50. The second-order valence-electron chi connectivity index (χ2n) is 6.80. The quantitative estimate of drug-likeness (QED) is 0.284. The first-order valence-corrected chi connectivity index (χ1v) is 9.63. The van der Waals surface area contributed by atoms with Gasteiger partial charge < -0.3 is 19.7 Å². The molecule has 0 aliphatic carbocycles. The Balaban J connectivity index is 0.00000341. The van der Waals surface area contributed by atoms with Crippen LogP contribution in [0.2, 0.25) is 0 Å². The first-order chi connectivity index (χ1) is 14.5. The third kappa shape index (κ3) is 6.09. The van der Waals surface area contributed by atoms with Gasteiger partial charge in [0.1, 0.15) is 23.1 Å². The zero-order valence-corrected chi connectivity index (χ0v) is 20.8. The molecule has 0 atom stereocenters. The van der Waals surface area contributed by atoms with Gasteiger partial charge in [-0.15, -0.1) is 24.0 Å². The molecular formula is C22H29IN6O2. The van der Waals surface area contributed by atoms with Gasteiger partial charge in [-0.1, -0.05) is 6.07 Å². The van der Waals surface area contributed by atoms with E-state index < -0.39 is 0 Å². The van der Waals surface area contributed by atoms with E-state index in [1.165, 1.54) is 0 Å². The van der Waals surface area contributed by atoms with Crippen molar-refractivity contribution >= 4 is 29.9 Å². The molecule has 0 amide bonds. The van der Waals surface area contributed by atoms with Crippen LogP contribution in [0.25, 0.3) is 5.82 Å². The topological polar surface area (TPSA) is 76.8 Å². The molecular weight excluding hydrogens is 507 g/mol. The number of nitrogens with one attached hydrogen (secondary N) is 1. The molecule has 0 saturated carbocycles. The van der Waals surface area contributed by atoms with E-state index in [-0.39, 0.29) is 24.0 Å². The fraction of sp³-hybridized carbons (Fsp3) is 0.318. The van der Waals surface area contributed by atoms with Gasteiger partial charge in [-0.2, -0.15) is 0 Å². The molecule has 0 fully saturated rings. The van der Waals surface area contributed by atoms with Crippen LogP contribution < -0.4 is 14.8 Å². The summed E-state index contributed by atoms with van der Waals surface area (Å²) in [5.74, 6) is 4.09. The van der Waals surface area contributed by atoms with Gasteiger partial charge in [-0.3, -0.25) is 9.56 Å². The molecule has 166 valence electrons. The zero-order chi connectivity index (χ0) is 21.5. The summed E-state index contributed by atoms with van der Waals surface area (Å²) in [5.41, 5.74) is 2.11. The standard InChI is InChI=1S/C22H28N6O2.HI/c1-16-24-10-11-28(16)21-9-6-17(13-25-21)14-26-22(23-2)27(3)15-18-7-8-19(29-4)12-20(18)30-5;/h6-13H,14-15H2,1-5H3,(H,23,26);1H. The minimum atomic E-state index is 0. The molecule has 0 saturated heterocycles. The predicted octanol–water partition coefficient (Wildman–Crippen LogP) is 3.42. The maximum Gasteiger partial charge on any atom is 0.193 e. The van der Waals surface area contributed by atoms with E-state index >= 15 is 0 Å². The van der Waals surface area contributed by atoms with Crippen molar-refractivity contribution in [1.82, 2.24) is 24.8 Å². The highest BCUT2D eigenvalue weighted by molar-refractivity contribution is 14.0. The van der Waals surface area contributed by atoms with Crippen LogP contribution in [0.1, 0.15) is 17.0 Å². The minimum Gasteiger partial charge on any atom is -0.497 e. The molecule has 3 rings (SSSR count). The summed E-state index contributed by atoms with van der Waals surface area (Å²) in [7, 11) is 7.06. The number of pyridine rings is 1. The van der Waals surface area contributed by atoms with E-state index in [0.717, 1.165) is 40.2 Å². The predicted molar refractivity (Wildman–Crippen MR) is 133 cm³/mol. The van der Waals surface area contributed by atoms with Crippen LogP contribution in [0.15, 0.2) is 53.9 Å². The number of rotatable bonds is 7. The molecule has 0 unspecified atom stereocenters. The molecule has 0 aliphatic rings. The number of halogens is 1. The van der Waals surface area contributed by atoms with Crippen molar-refractivity contribution in [2.45, 2.75) is 20.0 Å². The fourth-order valence-electron chi connectivity index (χ4n) is 3.16. The number of hydrogen-bond acceptors (Lipinski definition) is 5. The number of methoxy groups -OCH3 is 2. The molecule has 2 heterocycles. The van der Waals surface area contributed by atoms with Crippen molar-refractivity contribution < 1.29 is 9.47 Å². The Hall–Kier alpha value is -2.82. The smallest absolute Gasteiger partial charge is 0.193 e. The summed E-state index contributed by atoms with van der Waals surface area (Å²) >= 11 is 0. The van der Waals surface area contributed by atoms with Crippen molar-refractivity contribution in [2.24, 2.45) is 4.99 Å². The number of benzene rings is 1. The average Bonchev–Trinajstić information content (AvgIpc) is 3.20. The zero-order valence-electron chi connectivity index (χ0n) is 18.5. The Labute approximate surface area is 200 Å². The molecule has 0 spiro atoms. The molecule has 0 radical (unpaired) electrons. The van der Waals surface area contributed by atoms with Crippen molar-refractivity contribution in [3.05, 3.63) is 65.9 Å². The Morgan fingerprint density at radius 3 is 2.55 bits per heavy atom. The SMILES string of the molecule is CN=C(NCc1ccc(-n2ccnc2C)nc1)N(C)Cc1ccc(OC)cc1OC.I. The van der Waals surface area contributed by atoms with Crippen molar-refractivity contribution in [3.8, 4) is 17.3 Å². The molecule has 3 aromatic rings. The van der Waals surface area contributed by atoms with E-state index in [2.05, 4.69) is 26.3 Å². The molecule has 0 aliphatic heterocycles. The lowest BCUT2D eigenvalue weighted by atomic mass is 10.2. The highest BCUT2D eigenvalue weighted by atomic mass is 127. The number of aromatic nitrogens is 3. The number of ether oxygens (including phenoxy) is 2. The molecule has 8 nitrogen and oxygen atoms in total. The van der Waals surface area contributed by atoms with Gasteiger partial charge >= 0.3 is 0 Å². The Morgan fingerprint density at radius 1 is 1.16 bits per heavy atom. The summed E-state index contributed by atoms with van der Waals surface area (Å²) in [6.07, 6.45) is 5.53. The molecule has 1 aromatic carbocycles. The van der Waals surface area contributed by atoms with Gasteiger partial charge in [-0.05, 0) is 30.7 Å². The summed E-state index contributed by atoms with van der Waals surface area (Å²) in [6, 6.07) is 9.85. The number of guanidine groups is 1. The second-order valence-corrected chi connectivity index (χ2v) is 6.80. The summed E-state index contributed by atoms with van der Waals surface area (Å²) in [4.78, 5) is 15.2. The van der Waals surface area contributed by atoms with E-state index in [1.807, 2.05) is 60.1 Å². The highest BCUT2D eigenvalue weighted by Crippen LogP contribution is 2.25. The lowest BCUT2D eigenvalue weighted by molar-refractivity contribution is 0.382. The van der Waals surface area contributed by atoms with Gasteiger partial charge in [0.2, 0.25) is 0 Å². The van der Waals surface area contributed by atoms with Crippen LogP contribution in [0.3, 0.4) is 0 Å². The Morgan fingerprint density at radius 2 is 1.97 bits per heavy atom. The average molecular weight is 536 g/mol. The van der Waals surface area contributed by atoms with Crippen LogP contribution in [0, 0.1) is 6.92 Å². The van der Waals surface area contributed by atoms with Gasteiger partial charge in [0.15, 0.2) is 5.96 Å². The monoisotopic (exact) mass is 536 g/mol. The number of aryl methyl sites for hydroxylation is 1. The fourth-order valence-corrected chi connectivity index (χ4v) is 3.16. The largest absolute Gasteiger partial charge is 0.497 e. The number of hydrogen-bond donors (Lipinski definition) is 1. The third-order valence-electron chi connectivity index (χ3n) is 4.81. The first-order valence-electron chi connectivity index (χ1n) is 9.63. The number of nitrogens with zero attached hydrogens (tertiary/aromatic N) is 5. The second kappa shape index (κ2) is 11.5. The maximum atomic E-state index is 5.50. The summed E-state index contributed by atoms with van der Waals surface area (Å²) < 4.78 is 12.7. The first kappa shape index (κ1) is 24.4. The van der Waals surface area contributed by atoms with Gasteiger partial charge in [0, 0.05) is 57.4 Å². The Kier molecular flexibility index (Phi) is 9.10. The number of aliphatic imine (C=N–C) groups is 1. The van der Waals surface area contributed by atoms with Gasteiger partial charge in [0.05, 0.1) is 14.2 Å². The van der Waals surface area contributed by atoms with Crippen LogP contribution in [-0.2, 0) is 13.1 Å². The molecule has 9 heteroatoms. The number of imidazole rings is 1. The molecule has 1 N–H and O–H groups in total. The van der Waals surface area contributed by atoms with E-state index in [1.54, 1.807) is 27.5 Å². The van der Waals surface area contributed by atoms with Crippen LogP contribution in [0.5, 0.6) is 11.5 Å². The van der Waals surface area contributed by atoms with Crippen molar-refractivity contribution in [1.29, 1.82) is 0 Å². The lowest BCUT2D eigenvalue weighted by Gasteiger charge is -2.23. The van der Waals surface area contributed by atoms with Crippen molar-refractivity contribution in [2.75, 3.05) is 28.3 Å². The van der Waals surface area contributed by atoms with Crippen LogP contribution >= 0.6 is 24.0 Å². The van der Waals surface area contributed by atoms with E-state index in [0.29, 0.717) is 13.1 Å². The van der Waals surface area contributed by atoms with Crippen LogP contribution in [-0.4, -0.2) is 53.7 Å². The van der Waals surface area contributed by atoms with Crippen LogP contribution in [0.4, 0.5) is 0 Å².